The van der Waals surface area contributed by atoms with Crippen molar-refractivity contribution in [3.8, 4) is 0 Å². The molecule has 0 unspecified atom stereocenters. The van der Waals surface area contributed by atoms with Crippen molar-refractivity contribution in [3.05, 3.63) is 63.4 Å². The Kier molecular flexibility index (Phi) is 4.80. The van der Waals surface area contributed by atoms with Gasteiger partial charge in [0, 0.05) is 28.1 Å². The second-order valence-electron chi connectivity index (χ2n) is 6.33. The summed E-state index contributed by atoms with van der Waals surface area (Å²) in [6.45, 7) is 0. The van der Waals surface area contributed by atoms with Gasteiger partial charge in [-0.3, -0.25) is 4.79 Å². The highest BCUT2D eigenvalue weighted by atomic mass is 35.5. The number of nitrogens with one attached hydrogen (secondary N) is 2. The number of benzene rings is 1. The van der Waals surface area contributed by atoms with Gasteiger partial charge in [-0.05, 0) is 29.6 Å². The van der Waals surface area contributed by atoms with Crippen molar-refractivity contribution in [1.29, 1.82) is 0 Å². The van der Waals surface area contributed by atoms with Crippen LogP contribution < -0.4 is 10.6 Å². The summed E-state index contributed by atoms with van der Waals surface area (Å²) in [7, 11) is 0. The van der Waals surface area contributed by atoms with Gasteiger partial charge < -0.3 is 10.6 Å². The van der Waals surface area contributed by atoms with E-state index in [0.29, 0.717) is 10.7 Å². The fraction of sp³-hybridized carbons (Fsp3) is 0.222. The Morgan fingerprint density at radius 3 is 2.79 bits per heavy atom. The Bertz CT molecular complexity index is 1000. The van der Waals surface area contributed by atoms with Crippen LogP contribution in [0.3, 0.4) is 0 Å². The normalized spacial score (nSPS) is 19.0. The van der Waals surface area contributed by atoms with Crippen molar-refractivity contribution < 1.29 is 18.0 Å². The predicted octanol–water partition coefficient (Wildman–Crippen LogP) is 5.51. The van der Waals surface area contributed by atoms with Gasteiger partial charge in [0.05, 0.1) is 6.04 Å². The molecule has 1 amide bonds. The molecule has 2 atom stereocenters. The molecule has 0 aliphatic carbocycles. The minimum Gasteiger partial charge on any atom is -0.363 e. The van der Waals surface area contributed by atoms with Crippen LogP contribution in [0.4, 0.5) is 24.7 Å². The molecular formula is C18H14ClF3N4OS. The van der Waals surface area contributed by atoms with E-state index in [1.54, 1.807) is 36.4 Å². The molecule has 146 valence electrons. The molecule has 3 heterocycles. The van der Waals surface area contributed by atoms with Gasteiger partial charge in [-0.25, -0.2) is 4.68 Å². The average Bonchev–Trinajstić information content (AvgIpc) is 3.29. The van der Waals surface area contributed by atoms with Crippen molar-refractivity contribution >= 4 is 40.4 Å². The quantitative estimate of drug-likeness (QED) is 0.580. The summed E-state index contributed by atoms with van der Waals surface area (Å²) in [4.78, 5) is 13.3. The average molecular weight is 427 g/mol. The number of amides is 1. The molecule has 0 saturated heterocycles. The number of halogens is 4. The molecule has 2 N–H and O–H groups in total. The van der Waals surface area contributed by atoms with Crippen LogP contribution in [0.1, 0.15) is 33.9 Å². The highest BCUT2D eigenvalue weighted by Gasteiger charge is 2.47. The van der Waals surface area contributed by atoms with Crippen LogP contribution in [0.25, 0.3) is 0 Å². The summed E-state index contributed by atoms with van der Waals surface area (Å²) in [6, 6.07) is 9.07. The van der Waals surface area contributed by atoms with Crippen molar-refractivity contribution in [2.75, 3.05) is 10.6 Å². The Morgan fingerprint density at radius 2 is 2.11 bits per heavy atom. The van der Waals surface area contributed by atoms with Gasteiger partial charge in [0.25, 0.3) is 5.91 Å². The number of alkyl halides is 3. The van der Waals surface area contributed by atoms with Crippen LogP contribution >= 0.6 is 22.9 Å². The standard InChI is InChI=1S/C18H14ClF3N4OS/c19-10-3-1-4-11(7-10)23-17(27)13-9-16-24-12(14-5-2-6-28-14)8-15(18(20,21)22)26(16)25-13/h1-7,9,12,15,24H,8H2,(H,23,27)/t12-,15-/m1/s1. The summed E-state index contributed by atoms with van der Waals surface area (Å²) in [5, 5.41) is 11.8. The van der Waals surface area contributed by atoms with Gasteiger partial charge >= 0.3 is 6.18 Å². The van der Waals surface area contributed by atoms with Gasteiger partial charge in [0.1, 0.15) is 5.82 Å². The zero-order chi connectivity index (χ0) is 19.9. The number of carbonyl (C=O) groups excluding carboxylic acids is 1. The number of rotatable bonds is 3. The summed E-state index contributed by atoms with van der Waals surface area (Å²) in [5.74, 6) is -0.456. The van der Waals surface area contributed by atoms with Crippen LogP contribution in [0.5, 0.6) is 0 Å². The second kappa shape index (κ2) is 7.14. The minimum absolute atomic E-state index is 0.108. The summed E-state index contributed by atoms with van der Waals surface area (Å²) in [5.41, 5.74) is 0.323. The zero-order valence-electron chi connectivity index (χ0n) is 14.2. The first kappa shape index (κ1) is 18.8. The van der Waals surface area contributed by atoms with E-state index in [4.69, 9.17) is 11.6 Å². The predicted molar refractivity (Wildman–Crippen MR) is 102 cm³/mol. The number of aromatic nitrogens is 2. The molecule has 28 heavy (non-hydrogen) atoms. The van der Waals surface area contributed by atoms with E-state index >= 15 is 0 Å². The zero-order valence-corrected chi connectivity index (χ0v) is 15.8. The van der Waals surface area contributed by atoms with E-state index in [2.05, 4.69) is 15.7 Å². The van der Waals surface area contributed by atoms with Crippen molar-refractivity contribution in [2.45, 2.75) is 24.7 Å². The maximum Gasteiger partial charge on any atom is 0.410 e. The number of nitrogens with zero attached hydrogens (tertiary/aromatic N) is 2. The van der Waals surface area contributed by atoms with Crippen molar-refractivity contribution in [1.82, 2.24) is 9.78 Å². The van der Waals surface area contributed by atoms with E-state index in [0.717, 1.165) is 9.56 Å². The number of hydrogen-bond donors (Lipinski definition) is 2. The second-order valence-corrected chi connectivity index (χ2v) is 7.75. The molecule has 0 saturated carbocycles. The van der Waals surface area contributed by atoms with E-state index in [9.17, 15) is 18.0 Å². The van der Waals surface area contributed by atoms with Crippen LogP contribution in [-0.2, 0) is 0 Å². The third-order valence-corrected chi connectivity index (χ3v) is 5.61. The molecule has 1 aliphatic heterocycles. The lowest BCUT2D eigenvalue weighted by Crippen LogP contribution is -2.35. The first-order chi connectivity index (χ1) is 13.3. The summed E-state index contributed by atoms with van der Waals surface area (Å²) < 4.78 is 41.8. The van der Waals surface area contributed by atoms with E-state index in [1.807, 2.05) is 5.38 Å². The monoisotopic (exact) mass is 426 g/mol. The minimum atomic E-state index is -4.49. The maximum absolute atomic E-state index is 13.6. The molecule has 3 aromatic rings. The first-order valence-corrected chi connectivity index (χ1v) is 9.60. The van der Waals surface area contributed by atoms with Gasteiger partial charge in [-0.15, -0.1) is 11.3 Å². The van der Waals surface area contributed by atoms with Gasteiger partial charge in [-0.1, -0.05) is 23.7 Å². The smallest absolute Gasteiger partial charge is 0.363 e. The molecule has 0 fully saturated rings. The van der Waals surface area contributed by atoms with Crippen molar-refractivity contribution in [2.24, 2.45) is 0 Å². The molecule has 5 nitrogen and oxygen atoms in total. The summed E-state index contributed by atoms with van der Waals surface area (Å²) in [6.07, 6.45) is -4.69. The Balaban J connectivity index is 1.64. The van der Waals surface area contributed by atoms with Gasteiger partial charge in [-0.2, -0.15) is 18.3 Å². The Hall–Kier alpha value is -2.52. The Morgan fingerprint density at radius 1 is 1.29 bits per heavy atom. The van der Waals surface area contributed by atoms with Crippen LogP contribution in [0.2, 0.25) is 5.02 Å². The molecule has 10 heteroatoms. The molecular weight excluding hydrogens is 413 g/mol. The largest absolute Gasteiger partial charge is 0.410 e. The SMILES string of the molecule is O=C(Nc1cccc(Cl)c1)c1cc2n(n1)[C@@H](C(F)(F)F)C[C@H](c1cccs1)N2. The van der Waals surface area contributed by atoms with E-state index in [-0.39, 0.29) is 17.9 Å². The number of fused-ring (bicyclic) bond motifs is 1. The molecule has 4 rings (SSSR count). The number of anilines is 2. The molecule has 1 aromatic carbocycles. The summed E-state index contributed by atoms with van der Waals surface area (Å²) >= 11 is 7.27. The highest BCUT2D eigenvalue weighted by Crippen LogP contribution is 2.44. The van der Waals surface area contributed by atoms with Gasteiger partial charge in [0.2, 0.25) is 0 Å². The third kappa shape index (κ3) is 3.72. The van der Waals surface area contributed by atoms with Gasteiger partial charge in [0.15, 0.2) is 11.7 Å². The topological polar surface area (TPSA) is 59.0 Å². The van der Waals surface area contributed by atoms with Crippen LogP contribution in [-0.4, -0.2) is 21.9 Å². The lowest BCUT2D eigenvalue weighted by atomic mass is 10.0. The molecule has 2 aromatic heterocycles. The highest BCUT2D eigenvalue weighted by molar-refractivity contribution is 7.10. The first-order valence-electron chi connectivity index (χ1n) is 8.34. The van der Waals surface area contributed by atoms with Crippen LogP contribution in [0.15, 0.2) is 47.8 Å². The lowest BCUT2D eigenvalue weighted by molar-refractivity contribution is -0.173. The fourth-order valence-corrected chi connectivity index (χ4v) is 4.10. The third-order valence-electron chi connectivity index (χ3n) is 4.39. The molecule has 0 spiro atoms. The van der Waals surface area contributed by atoms with E-state index < -0.39 is 24.2 Å². The van der Waals surface area contributed by atoms with Crippen LogP contribution in [0, 0.1) is 0 Å². The van der Waals surface area contributed by atoms with Crippen molar-refractivity contribution in [3.63, 3.8) is 0 Å². The maximum atomic E-state index is 13.6. The Labute approximate surface area is 167 Å². The number of hydrogen-bond acceptors (Lipinski definition) is 4. The fourth-order valence-electron chi connectivity index (χ4n) is 3.12. The molecule has 1 aliphatic rings. The number of carbonyl (C=O) groups is 1. The molecule has 0 bridgehead atoms. The van der Waals surface area contributed by atoms with E-state index in [1.165, 1.54) is 17.4 Å². The molecule has 0 radical (unpaired) electrons. The number of thiophene rings is 1. The lowest BCUT2D eigenvalue weighted by Gasteiger charge is -2.32.